The minimum atomic E-state index is -1.09. The number of carboxylic acids is 1. The van der Waals surface area contributed by atoms with Gasteiger partial charge in [-0.2, -0.15) is 0 Å². The number of amides is 1. The summed E-state index contributed by atoms with van der Waals surface area (Å²) in [7, 11) is 0. The molecule has 0 bridgehead atoms. The molecule has 1 atom stereocenters. The van der Waals surface area contributed by atoms with Crippen molar-refractivity contribution in [1.29, 1.82) is 0 Å². The monoisotopic (exact) mass is 248 g/mol. The van der Waals surface area contributed by atoms with Gasteiger partial charge in [-0.25, -0.2) is 4.79 Å². The standard InChI is InChI=1S/C13H16N2O3/c1-8(9(2)13(17)18)12(16)15-10(3)11-6-4-5-7-14-11/h4-7,10H,1-3H3,(H,15,16)(H,17,18). The summed E-state index contributed by atoms with van der Waals surface area (Å²) in [6.45, 7) is 4.69. The van der Waals surface area contributed by atoms with Gasteiger partial charge in [-0.1, -0.05) is 6.07 Å². The zero-order valence-corrected chi connectivity index (χ0v) is 10.6. The Balaban J connectivity index is 2.78. The van der Waals surface area contributed by atoms with Crippen molar-refractivity contribution in [2.24, 2.45) is 0 Å². The van der Waals surface area contributed by atoms with Crippen LogP contribution in [0.3, 0.4) is 0 Å². The van der Waals surface area contributed by atoms with Crippen LogP contribution in [0.25, 0.3) is 0 Å². The average Bonchev–Trinajstić information content (AvgIpc) is 2.37. The van der Waals surface area contributed by atoms with E-state index in [-0.39, 0.29) is 17.2 Å². The Bertz CT molecular complexity index is 480. The fourth-order valence-electron chi connectivity index (χ4n) is 1.34. The maximum absolute atomic E-state index is 11.8. The maximum Gasteiger partial charge on any atom is 0.331 e. The number of nitrogens with one attached hydrogen (secondary N) is 1. The molecule has 1 aromatic rings. The zero-order valence-electron chi connectivity index (χ0n) is 10.6. The van der Waals surface area contributed by atoms with E-state index in [4.69, 9.17) is 5.11 Å². The Morgan fingerprint density at radius 3 is 2.44 bits per heavy atom. The van der Waals surface area contributed by atoms with Gasteiger partial charge in [-0.15, -0.1) is 0 Å². The van der Waals surface area contributed by atoms with Crippen molar-refractivity contribution >= 4 is 11.9 Å². The van der Waals surface area contributed by atoms with Crippen LogP contribution >= 0.6 is 0 Å². The molecule has 0 saturated carbocycles. The van der Waals surface area contributed by atoms with Crippen LogP contribution in [0.15, 0.2) is 35.5 Å². The number of rotatable bonds is 4. The van der Waals surface area contributed by atoms with E-state index in [2.05, 4.69) is 10.3 Å². The van der Waals surface area contributed by atoms with Crippen molar-refractivity contribution in [2.75, 3.05) is 0 Å². The molecule has 0 fully saturated rings. The molecular weight excluding hydrogens is 232 g/mol. The number of hydrogen-bond acceptors (Lipinski definition) is 3. The van der Waals surface area contributed by atoms with Gasteiger partial charge in [-0.05, 0) is 32.9 Å². The fraction of sp³-hybridized carbons (Fsp3) is 0.308. The first-order valence-electron chi connectivity index (χ1n) is 5.56. The Hall–Kier alpha value is -2.17. The van der Waals surface area contributed by atoms with Crippen LogP contribution in [0, 0.1) is 0 Å². The van der Waals surface area contributed by atoms with E-state index in [0.29, 0.717) is 0 Å². The molecule has 1 amide bonds. The molecule has 0 aromatic carbocycles. The highest BCUT2D eigenvalue weighted by Gasteiger charge is 2.15. The van der Waals surface area contributed by atoms with Crippen molar-refractivity contribution in [2.45, 2.75) is 26.8 Å². The smallest absolute Gasteiger partial charge is 0.331 e. The number of carbonyl (C=O) groups excluding carboxylic acids is 1. The summed E-state index contributed by atoms with van der Waals surface area (Å²) < 4.78 is 0. The minimum absolute atomic E-state index is 0.0423. The summed E-state index contributed by atoms with van der Waals surface area (Å²) in [5.74, 6) is -1.49. The van der Waals surface area contributed by atoms with E-state index in [9.17, 15) is 9.59 Å². The predicted molar refractivity (Wildman–Crippen MR) is 66.8 cm³/mol. The predicted octanol–water partition coefficient (Wildman–Crippen LogP) is 1.68. The summed E-state index contributed by atoms with van der Waals surface area (Å²) in [6.07, 6.45) is 1.64. The van der Waals surface area contributed by atoms with Crippen molar-refractivity contribution in [3.63, 3.8) is 0 Å². The Labute approximate surface area is 106 Å². The van der Waals surface area contributed by atoms with Crippen molar-refractivity contribution in [3.05, 3.63) is 41.2 Å². The summed E-state index contributed by atoms with van der Waals surface area (Å²) in [5, 5.41) is 11.5. The van der Waals surface area contributed by atoms with Crippen LogP contribution in [-0.4, -0.2) is 22.0 Å². The molecule has 5 heteroatoms. The average molecular weight is 248 g/mol. The van der Waals surface area contributed by atoms with Crippen molar-refractivity contribution in [1.82, 2.24) is 10.3 Å². The summed E-state index contributed by atoms with van der Waals surface area (Å²) >= 11 is 0. The summed E-state index contributed by atoms with van der Waals surface area (Å²) in [5.41, 5.74) is 0.970. The SMILES string of the molecule is CC(C(=O)O)=C(C)C(=O)NC(C)c1ccccn1. The molecule has 1 aromatic heterocycles. The Morgan fingerprint density at radius 1 is 1.28 bits per heavy atom. The molecule has 18 heavy (non-hydrogen) atoms. The lowest BCUT2D eigenvalue weighted by molar-refractivity contribution is -0.133. The minimum Gasteiger partial charge on any atom is -0.478 e. The molecule has 1 heterocycles. The first-order valence-corrected chi connectivity index (χ1v) is 5.56. The van der Waals surface area contributed by atoms with E-state index in [1.807, 2.05) is 6.07 Å². The number of carboxylic acid groups (broad SMARTS) is 1. The number of pyridine rings is 1. The molecule has 1 rings (SSSR count). The van der Waals surface area contributed by atoms with E-state index >= 15 is 0 Å². The van der Waals surface area contributed by atoms with Crippen molar-refractivity contribution in [3.8, 4) is 0 Å². The van der Waals surface area contributed by atoms with E-state index in [1.54, 1.807) is 25.3 Å². The van der Waals surface area contributed by atoms with Crippen LogP contribution in [-0.2, 0) is 9.59 Å². The number of hydrogen-bond donors (Lipinski definition) is 2. The first-order chi connectivity index (χ1) is 8.43. The Kier molecular flexibility index (Phi) is 4.59. The second kappa shape index (κ2) is 5.95. The number of carbonyl (C=O) groups is 2. The van der Waals surface area contributed by atoms with E-state index < -0.39 is 11.9 Å². The second-order valence-corrected chi connectivity index (χ2v) is 4.00. The highest BCUT2D eigenvalue weighted by Crippen LogP contribution is 2.10. The lowest BCUT2D eigenvalue weighted by Crippen LogP contribution is -2.28. The highest BCUT2D eigenvalue weighted by molar-refractivity contribution is 6.01. The molecule has 96 valence electrons. The van der Waals surface area contributed by atoms with Gasteiger partial charge in [-0.3, -0.25) is 9.78 Å². The van der Waals surface area contributed by atoms with Crippen LogP contribution < -0.4 is 5.32 Å². The summed E-state index contributed by atoms with van der Waals surface area (Å²) in [4.78, 5) is 26.7. The fourth-order valence-corrected chi connectivity index (χ4v) is 1.34. The highest BCUT2D eigenvalue weighted by atomic mass is 16.4. The van der Waals surface area contributed by atoms with Gasteiger partial charge < -0.3 is 10.4 Å². The molecule has 0 aliphatic heterocycles. The molecule has 1 unspecified atom stereocenters. The van der Waals surface area contributed by atoms with Gasteiger partial charge in [0.25, 0.3) is 0 Å². The molecule has 5 nitrogen and oxygen atoms in total. The lowest BCUT2D eigenvalue weighted by atomic mass is 10.1. The van der Waals surface area contributed by atoms with Crippen LogP contribution in [0.5, 0.6) is 0 Å². The molecule has 0 aliphatic carbocycles. The van der Waals surface area contributed by atoms with Crippen LogP contribution in [0.1, 0.15) is 32.5 Å². The van der Waals surface area contributed by atoms with Gasteiger partial charge in [0, 0.05) is 17.3 Å². The van der Waals surface area contributed by atoms with Crippen molar-refractivity contribution < 1.29 is 14.7 Å². The largest absolute Gasteiger partial charge is 0.478 e. The molecule has 0 aliphatic rings. The van der Waals surface area contributed by atoms with Gasteiger partial charge >= 0.3 is 5.97 Å². The molecule has 0 spiro atoms. The Morgan fingerprint density at radius 2 is 1.94 bits per heavy atom. The third-order valence-corrected chi connectivity index (χ3v) is 2.70. The number of nitrogens with zero attached hydrogens (tertiary/aromatic N) is 1. The van der Waals surface area contributed by atoms with Gasteiger partial charge in [0.2, 0.25) is 5.91 Å². The van der Waals surface area contributed by atoms with Crippen LogP contribution in [0.2, 0.25) is 0 Å². The maximum atomic E-state index is 11.8. The van der Waals surface area contributed by atoms with E-state index in [1.165, 1.54) is 13.8 Å². The van der Waals surface area contributed by atoms with Gasteiger partial charge in [0.1, 0.15) is 0 Å². The first kappa shape index (κ1) is 13.9. The van der Waals surface area contributed by atoms with E-state index in [0.717, 1.165) is 5.69 Å². The molecule has 2 N–H and O–H groups in total. The zero-order chi connectivity index (χ0) is 13.7. The normalized spacial score (nSPS) is 13.5. The second-order valence-electron chi connectivity index (χ2n) is 4.00. The van der Waals surface area contributed by atoms with Crippen LogP contribution in [0.4, 0.5) is 0 Å². The lowest BCUT2D eigenvalue weighted by Gasteiger charge is -2.14. The third kappa shape index (κ3) is 3.41. The van der Waals surface area contributed by atoms with Gasteiger partial charge in [0.15, 0.2) is 0 Å². The molecule has 0 saturated heterocycles. The number of aliphatic carboxylic acids is 1. The molecular formula is C13H16N2O3. The number of aromatic nitrogens is 1. The third-order valence-electron chi connectivity index (χ3n) is 2.70. The quantitative estimate of drug-likeness (QED) is 0.794. The van der Waals surface area contributed by atoms with Gasteiger partial charge in [0.05, 0.1) is 11.7 Å². The summed E-state index contributed by atoms with van der Waals surface area (Å²) in [6, 6.07) is 5.15. The molecule has 0 radical (unpaired) electrons. The topological polar surface area (TPSA) is 79.3 Å².